The van der Waals surface area contributed by atoms with Crippen molar-refractivity contribution in [3.63, 3.8) is 0 Å². The maximum Gasteiger partial charge on any atom is 0.317 e. The lowest BCUT2D eigenvalue weighted by Crippen LogP contribution is -2.53. The van der Waals surface area contributed by atoms with Crippen LogP contribution in [0.15, 0.2) is 41.3 Å². The third kappa shape index (κ3) is 4.13. The van der Waals surface area contributed by atoms with Gasteiger partial charge in [0.05, 0.1) is 0 Å². The van der Waals surface area contributed by atoms with Crippen molar-refractivity contribution in [3.8, 4) is 0 Å². The molecule has 1 saturated carbocycles. The molecule has 5 rings (SSSR count). The first kappa shape index (κ1) is 20.7. The van der Waals surface area contributed by atoms with Crippen LogP contribution in [0.4, 0.5) is 10.5 Å². The Balaban J connectivity index is 1.30. The average Bonchev–Trinajstić information content (AvgIpc) is 2.82. The second kappa shape index (κ2) is 8.76. The van der Waals surface area contributed by atoms with E-state index < -0.39 is 5.91 Å². The second-order valence-corrected chi connectivity index (χ2v) is 9.24. The van der Waals surface area contributed by atoms with E-state index in [1.807, 2.05) is 11.0 Å². The molecule has 2 aromatic heterocycles. The number of aromatic nitrogens is 2. The van der Waals surface area contributed by atoms with E-state index in [2.05, 4.69) is 15.6 Å². The van der Waals surface area contributed by atoms with Crippen molar-refractivity contribution in [2.24, 2.45) is 5.92 Å². The zero-order valence-corrected chi connectivity index (χ0v) is 18.1. The monoisotopic (exact) mass is 435 g/mol. The Morgan fingerprint density at radius 1 is 1.00 bits per heavy atom. The molecule has 2 bridgehead atoms. The summed E-state index contributed by atoms with van der Waals surface area (Å²) < 4.78 is 1.78. The number of likely N-dealkylation sites (tertiary alicyclic amines) is 1. The Bertz CT molecular complexity index is 1060. The third-order valence-corrected chi connectivity index (χ3v) is 6.97. The van der Waals surface area contributed by atoms with Crippen LogP contribution < -0.4 is 16.2 Å². The molecule has 2 aromatic rings. The smallest absolute Gasteiger partial charge is 0.317 e. The van der Waals surface area contributed by atoms with Gasteiger partial charge in [0.25, 0.3) is 11.5 Å². The van der Waals surface area contributed by atoms with Gasteiger partial charge in [0.2, 0.25) is 0 Å². The van der Waals surface area contributed by atoms with E-state index in [0.29, 0.717) is 19.6 Å². The van der Waals surface area contributed by atoms with Crippen LogP contribution in [0.5, 0.6) is 0 Å². The molecule has 32 heavy (non-hydrogen) atoms. The summed E-state index contributed by atoms with van der Waals surface area (Å²) >= 11 is 0. The second-order valence-electron chi connectivity index (χ2n) is 9.24. The number of carbonyl (C=O) groups excluding carboxylic acids is 2. The number of hydrogen-bond donors (Lipinski definition) is 2. The fourth-order valence-corrected chi connectivity index (χ4v) is 5.40. The Morgan fingerprint density at radius 2 is 1.84 bits per heavy atom. The van der Waals surface area contributed by atoms with E-state index in [1.54, 1.807) is 35.0 Å². The molecule has 2 aliphatic heterocycles. The lowest BCUT2D eigenvalue weighted by molar-refractivity contribution is 0.102. The number of nitrogens with one attached hydrogen (secondary N) is 2. The molecule has 0 unspecified atom stereocenters. The number of urea groups is 1. The van der Waals surface area contributed by atoms with Gasteiger partial charge in [-0.3, -0.25) is 14.6 Å². The lowest BCUT2D eigenvalue weighted by atomic mass is 9.83. The van der Waals surface area contributed by atoms with Gasteiger partial charge in [-0.05, 0) is 49.4 Å². The number of piperidine rings is 1. The molecule has 8 heteroatoms. The predicted octanol–water partition coefficient (Wildman–Crippen LogP) is 2.96. The molecule has 3 aliphatic rings. The first-order valence-corrected chi connectivity index (χ1v) is 11.6. The van der Waals surface area contributed by atoms with Gasteiger partial charge < -0.3 is 20.1 Å². The Kier molecular flexibility index (Phi) is 5.68. The number of fused-ring (bicyclic) bond motifs is 4. The summed E-state index contributed by atoms with van der Waals surface area (Å²) in [7, 11) is 0. The Hall–Kier alpha value is -3.16. The maximum atomic E-state index is 13.1. The summed E-state index contributed by atoms with van der Waals surface area (Å²) in [5.41, 5.74) is 1.28. The molecule has 168 valence electrons. The summed E-state index contributed by atoms with van der Waals surface area (Å²) in [6, 6.07) is 9.00. The Morgan fingerprint density at radius 3 is 2.62 bits per heavy atom. The van der Waals surface area contributed by atoms with Crippen LogP contribution in [-0.2, 0) is 6.54 Å². The standard InChI is InChI=1S/C24H29N5O3/c30-22(19-8-4-5-11-25-19)27-20-9-10-21-17-12-16(14-29(21)23(20)31)13-28(15-17)24(32)26-18-6-2-1-3-7-18/h4-5,8-11,16-18H,1-3,6-7,12-15H2,(H,26,32)(H,27,30)/t16-,17-/m1/s1. The summed E-state index contributed by atoms with van der Waals surface area (Å²) in [6.07, 6.45) is 8.29. The van der Waals surface area contributed by atoms with Crippen molar-refractivity contribution in [2.75, 3.05) is 18.4 Å². The number of amides is 3. The molecule has 0 spiro atoms. The molecule has 0 radical (unpaired) electrons. The molecular weight excluding hydrogens is 406 g/mol. The van der Waals surface area contributed by atoms with Crippen molar-refractivity contribution in [2.45, 2.75) is 57.0 Å². The van der Waals surface area contributed by atoms with Gasteiger partial charge in [0.15, 0.2) is 0 Å². The zero-order chi connectivity index (χ0) is 22.1. The quantitative estimate of drug-likeness (QED) is 0.775. The molecule has 3 amide bonds. The van der Waals surface area contributed by atoms with Crippen LogP contribution in [0.25, 0.3) is 0 Å². The summed E-state index contributed by atoms with van der Waals surface area (Å²) in [4.78, 5) is 44.4. The number of nitrogens with zero attached hydrogens (tertiary/aromatic N) is 3. The lowest BCUT2D eigenvalue weighted by Gasteiger charge is -2.43. The minimum Gasteiger partial charge on any atom is -0.335 e. The largest absolute Gasteiger partial charge is 0.335 e. The fourth-order valence-electron chi connectivity index (χ4n) is 5.40. The molecule has 1 aliphatic carbocycles. The highest BCUT2D eigenvalue weighted by Crippen LogP contribution is 2.35. The highest BCUT2D eigenvalue weighted by atomic mass is 16.2. The molecule has 2 fully saturated rings. The zero-order valence-electron chi connectivity index (χ0n) is 18.1. The minimum atomic E-state index is -0.398. The van der Waals surface area contributed by atoms with Crippen LogP contribution >= 0.6 is 0 Å². The van der Waals surface area contributed by atoms with E-state index >= 15 is 0 Å². The van der Waals surface area contributed by atoms with Crippen LogP contribution in [0, 0.1) is 5.92 Å². The fraction of sp³-hybridized carbons (Fsp3) is 0.500. The first-order chi connectivity index (χ1) is 15.6. The van der Waals surface area contributed by atoms with Crippen LogP contribution in [0.3, 0.4) is 0 Å². The summed E-state index contributed by atoms with van der Waals surface area (Å²) in [5, 5.41) is 5.93. The number of anilines is 1. The number of carbonyl (C=O) groups is 2. The summed E-state index contributed by atoms with van der Waals surface area (Å²) in [5.74, 6) is -0.0320. The van der Waals surface area contributed by atoms with Gasteiger partial charge in [-0.15, -0.1) is 0 Å². The van der Waals surface area contributed by atoms with Crippen molar-refractivity contribution >= 4 is 17.6 Å². The first-order valence-electron chi connectivity index (χ1n) is 11.6. The van der Waals surface area contributed by atoms with Crippen molar-refractivity contribution in [1.29, 1.82) is 0 Å². The van der Waals surface area contributed by atoms with E-state index in [1.165, 1.54) is 19.3 Å². The van der Waals surface area contributed by atoms with E-state index in [0.717, 1.165) is 25.0 Å². The van der Waals surface area contributed by atoms with Crippen LogP contribution in [0.2, 0.25) is 0 Å². The van der Waals surface area contributed by atoms with E-state index in [4.69, 9.17) is 0 Å². The van der Waals surface area contributed by atoms with Gasteiger partial charge in [0.1, 0.15) is 11.4 Å². The average molecular weight is 436 g/mol. The highest BCUT2D eigenvalue weighted by Gasteiger charge is 2.37. The van der Waals surface area contributed by atoms with E-state index in [9.17, 15) is 14.4 Å². The Labute approximate surface area is 187 Å². The third-order valence-electron chi connectivity index (χ3n) is 6.97. The molecule has 4 heterocycles. The topological polar surface area (TPSA) is 96.3 Å². The molecule has 8 nitrogen and oxygen atoms in total. The van der Waals surface area contributed by atoms with Gasteiger partial charge in [0, 0.05) is 43.5 Å². The molecule has 2 N–H and O–H groups in total. The number of hydrogen-bond acceptors (Lipinski definition) is 4. The van der Waals surface area contributed by atoms with Crippen LogP contribution in [-0.4, -0.2) is 45.5 Å². The SMILES string of the molecule is O=C(Nc1ccc2n(c1=O)C[C@@H]1C[C@@H]2CN(C(=O)NC2CCCCC2)C1)c1ccccn1. The maximum absolute atomic E-state index is 13.1. The predicted molar refractivity (Wildman–Crippen MR) is 121 cm³/mol. The molecule has 1 saturated heterocycles. The normalized spacial score (nSPS) is 22.7. The van der Waals surface area contributed by atoms with Gasteiger partial charge in [-0.2, -0.15) is 0 Å². The molecular formula is C24H29N5O3. The van der Waals surface area contributed by atoms with E-state index in [-0.39, 0.29) is 40.8 Å². The van der Waals surface area contributed by atoms with Crippen molar-refractivity contribution in [3.05, 3.63) is 58.3 Å². The number of rotatable bonds is 3. The van der Waals surface area contributed by atoms with Crippen LogP contribution in [0.1, 0.15) is 60.6 Å². The highest BCUT2D eigenvalue weighted by molar-refractivity contribution is 6.02. The van der Waals surface area contributed by atoms with Crippen molar-refractivity contribution < 1.29 is 9.59 Å². The van der Waals surface area contributed by atoms with Crippen molar-refractivity contribution in [1.82, 2.24) is 19.8 Å². The van der Waals surface area contributed by atoms with Gasteiger partial charge in [-0.25, -0.2) is 4.79 Å². The minimum absolute atomic E-state index is 0.0293. The molecule has 2 atom stereocenters. The van der Waals surface area contributed by atoms with Gasteiger partial charge >= 0.3 is 6.03 Å². The molecule has 0 aromatic carbocycles. The summed E-state index contributed by atoms with van der Waals surface area (Å²) in [6.45, 7) is 1.84. The number of pyridine rings is 2. The van der Waals surface area contributed by atoms with Gasteiger partial charge in [-0.1, -0.05) is 25.3 Å².